The van der Waals surface area contributed by atoms with E-state index >= 15 is 0 Å². The zero-order valence-corrected chi connectivity index (χ0v) is 10.9. The van der Waals surface area contributed by atoms with Gasteiger partial charge in [0.1, 0.15) is 0 Å². The highest BCUT2D eigenvalue weighted by Crippen LogP contribution is 2.41. The van der Waals surface area contributed by atoms with Gasteiger partial charge in [0.15, 0.2) is 0 Å². The fraction of sp³-hybridized carbons (Fsp3) is 0.538. The Morgan fingerprint density at radius 2 is 2.27 bits per heavy atom. The van der Waals surface area contributed by atoms with Crippen molar-refractivity contribution >= 4 is 15.9 Å². The van der Waals surface area contributed by atoms with Crippen molar-refractivity contribution in [1.29, 1.82) is 0 Å². The van der Waals surface area contributed by atoms with Crippen LogP contribution in [0.4, 0.5) is 0 Å². The number of nitrogens with one attached hydrogen (secondary N) is 1. The van der Waals surface area contributed by atoms with Crippen LogP contribution in [0.2, 0.25) is 0 Å². The number of benzene rings is 1. The van der Waals surface area contributed by atoms with Gasteiger partial charge in [0.05, 0.1) is 0 Å². The highest BCUT2D eigenvalue weighted by atomic mass is 79.9. The highest BCUT2D eigenvalue weighted by molar-refractivity contribution is 9.10. The quantitative estimate of drug-likeness (QED) is 0.884. The first-order valence-electron chi connectivity index (χ1n) is 5.62. The molecule has 0 saturated heterocycles. The summed E-state index contributed by atoms with van der Waals surface area (Å²) in [6.45, 7) is 2.34. The van der Waals surface area contributed by atoms with Gasteiger partial charge >= 0.3 is 0 Å². The Morgan fingerprint density at radius 1 is 1.53 bits per heavy atom. The monoisotopic (exact) mass is 267 g/mol. The molecule has 2 heteroatoms. The number of halogens is 1. The Kier molecular flexibility index (Phi) is 3.47. The van der Waals surface area contributed by atoms with Crippen molar-refractivity contribution in [3.05, 3.63) is 34.3 Å². The molecule has 0 aromatic heterocycles. The van der Waals surface area contributed by atoms with Crippen LogP contribution in [0.1, 0.15) is 18.9 Å². The molecule has 0 aliphatic heterocycles. The lowest BCUT2D eigenvalue weighted by atomic mass is 10.0. The summed E-state index contributed by atoms with van der Waals surface area (Å²) in [6, 6.07) is 9.27. The molecule has 1 nitrogen and oxygen atoms in total. The van der Waals surface area contributed by atoms with Crippen molar-refractivity contribution in [2.75, 3.05) is 7.05 Å². The summed E-state index contributed by atoms with van der Waals surface area (Å²) in [4.78, 5) is 0. The number of likely N-dealkylation sites (N-methyl/N-ethyl adjacent to an activating group) is 1. The minimum Gasteiger partial charge on any atom is -0.316 e. The van der Waals surface area contributed by atoms with Crippen LogP contribution >= 0.6 is 15.9 Å². The van der Waals surface area contributed by atoms with Gasteiger partial charge < -0.3 is 5.32 Å². The van der Waals surface area contributed by atoms with E-state index in [2.05, 4.69) is 59.5 Å². The van der Waals surface area contributed by atoms with E-state index in [1.165, 1.54) is 16.5 Å². The number of hydrogen-bond donors (Lipinski definition) is 1. The molecule has 0 amide bonds. The van der Waals surface area contributed by atoms with Gasteiger partial charge in [0.2, 0.25) is 0 Å². The van der Waals surface area contributed by atoms with E-state index in [9.17, 15) is 0 Å². The third-order valence-electron chi connectivity index (χ3n) is 3.40. The molecule has 82 valence electrons. The Labute approximate surface area is 100 Å². The van der Waals surface area contributed by atoms with Gasteiger partial charge in [-0.25, -0.2) is 0 Å². The topological polar surface area (TPSA) is 12.0 Å². The van der Waals surface area contributed by atoms with Crippen LogP contribution in [-0.2, 0) is 6.42 Å². The molecule has 3 atom stereocenters. The minimum absolute atomic E-state index is 0.648. The molecule has 0 spiro atoms. The van der Waals surface area contributed by atoms with E-state index in [4.69, 9.17) is 0 Å². The first-order valence-corrected chi connectivity index (χ1v) is 6.41. The maximum atomic E-state index is 3.52. The van der Waals surface area contributed by atoms with Gasteiger partial charge in [-0.2, -0.15) is 0 Å². The van der Waals surface area contributed by atoms with Crippen LogP contribution in [0.3, 0.4) is 0 Å². The fourth-order valence-corrected chi connectivity index (χ4v) is 2.74. The largest absolute Gasteiger partial charge is 0.316 e. The first kappa shape index (κ1) is 11.2. The summed E-state index contributed by atoms with van der Waals surface area (Å²) in [5.41, 5.74) is 1.42. The maximum absolute atomic E-state index is 3.52. The normalized spacial score (nSPS) is 26.3. The lowest BCUT2D eigenvalue weighted by Crippen LogP contribution is -2.30. The molecule has 1 aromatic rings. The van der Waals surface area contributed by atoms with Gasteiger partial charge in [-0.05, 0) is 49.4 Å². The third kappa shape index (κ3) is 2.82. The molecule has 1 fully saturated rings. The first-order chi connectivity index (χ1) is 7.20. The van der Waals surface area contributed by atoms with Crippen molar-refractivity contribution < 1.29 is 0 Å². The Morgan fingerprint density at radius 3 is 2.80 bits per heavy atom. The second kappa shape index (κ2) is 4.67. The van der Waals surface area contributed by atoms with Crippen LogP contribution < -0.4 is 5.32 Å². The second-order valence-corrected chi connectivity index (χ2v) is 5.52. The van der Waals surface area contributed by atoms with Crippen molar-refractivity contribution in [3.8, 4) is 0 Å². The molecule has 3 unspecified atom stereocenters. The summed E-state index contributed by atoms with van der Waals surface area (Å²) in [5.74, 6) is 1.79. The fourth-order valence-electron chi connectivity index (χ4n) is 2.30. The maximum Gasteiger partial charge on any atom is 0.0178 e. The van der Waals surface area contributed by atoms with E-state index in [0.717, 1.165) is 18.3 Å². The van der Waals surface area contributed by atoms with Crippen LogP contribution in [0, 0.1) is 11.8 Å². The van der Waals surface area contributed by atoms with Crippen LogP contribution in [0.25, 0.3) is 0 Å². The minimum atomic E-state index is 0.648. The van der Waals surface area contributed by atoms with E-state index in [0.29, 0.717) is 6.04 Å². The molecule has 1 aromatic carbocycles. The third-order valence-corrected chi connectivity index (χ3v) is 3.90. The van der Waals surface area contributed by atoms with E-state index in [-0.39, 0.29) is 0 Å². The molecule has 2 rings (SSSR count). The SMILES string of the molecule is CNC(Cc1cccc(Br)c1)C1CC1C. The van der Waals surface area contributed by atoms with Gasteiger partial charge in [0.25, 0.3) is 0 Å². The average molecular weight is 268 g/mol. The van der Waals surface area contributed by atoms with Gasteiger partial charge in [-0.1, -0.05) is 35.0 Å². The summed E-state index contributed by atoms with van der Waals surface area (Å²) >= 11 is 3.52. The Balaban J connectivity index is 2.00. The molecule has 0 heterocycles. The number of rotatable bonds is 4. The summed E-state index contributed by atoms with van der Waals surface area (Å²) in [6.07, 6.45) is 2.53. The molecule has 0 radical (unpaired) electrons. The van der Waals surface area contributed by atoms with Crippen LogP contribution in [0.5, 0.6) is 0 Å². The standard InChI is InChI=1S/C13H18BrN/c1-9-6-12(9)13(15-2)8-10-4-3-5-11(14)7-10/h3-5,7,9,12-13,15H,6,8H2,1-2H3. The van der Waals surface area contributed by atoms with Gasteiger partial charge in [-0.15, -0.1) is 0 Å². The highest BCUT2D eigenvalue weighted by Gasteiger charge is 2.38. The molecule has 0 bridgehead atoms. The van der Waals surface area contributed by atoms with Gasteiger partial charge in [-0.3, -0.25) is 0 Å². The van der Waals surface area contributed by atoms with E-state index in [1.54, 1.807) is 0 Å². The molecule has 1 aliphatic rings. The predicted octanol–water partition coefficient (Wildman–Crippen LogP) is 3.24. The molecule has 1 saturated carbocycles. The Hall–Kier alpha value is -0.340. The van der Waals surface area contributed by atoms with E-state index in [1.807, 2.05) is 0 Å². The Bertz CT molecular complexity index is 337. The molecule has 1 N–H and O–H groups in total. The summed E-state index contributed by atoms with van der Waals surface area (Å²) in [7, 11) is 2.08. The zero-order chi connectivity index (χ0) is 10.8. The average Bonchev–Trinajstić information content (AvgIpc) is 2.92. The lowest BCUT2D eigenvalue weighted by Gasteiger charge is -2.16. The van der Waals surface area contributed by atoms with Crippen molar-refractivity contribution in [3.63, 3.8) is 0 Å². The zero-order valence-electron chi connectivity index (χ0n) is 9.33. The molecular formula is C13H18BrN. The molecule has 1 aliphatic carbocycles. The van der Waals surface area contributed by atoms with Crippen molar-refractivity contribution in [1.82, 2.24) is 5.32 Å². The van der Waals surface area contributed by atoms with E-state index < -0.39 is 0 Å². The number of hydrogen-bond acceptors (Lipinski definition) is 1. The molecule has 15 heavy (non-hydrogen) atoms. The summed E-state index contributed by atoms with van der Waals surface area (Å²) in [5, 5.41) is 3.45. The molecular weight excluding hydrogens is 250 g/mol. The summed E-state index contributed by atoms with van der Waals surface area (Å²) < 4.78 is 1.18. The smallest absolute Gasteiger partial charge is 0.0178 e. The van der Waals surface area contributed by atoms with Crippen LogP contribution in [-0.4, -0.2) is 13.1 Å². The van der Waals surface area contributed by atoms with Crippen molar-refractivity contribution in [2.24, 2.45) is 11.8 Å². The van der Waals surface area contributed by atoms with Crippen LogP contribution in [0.15, 0.2) is 28.7 Å². The predicted molar refractivity (Wildman–Crippen MR) is 68.0 cm³/mol. The van der Waals surface area contributed by atoms with Gasteiger partial charge in [0, 0.05) is 10.5 Å². The van der Waals surface area contributed by atoms with Crippen molar-refractivity contribution in [2.45, 2.75) is 25.8 Å². The lowest BCUT2D eigenvalue weighted by molar-refractivity contribution is 0.479. The second-order valence-electron chi connectivity index (χ2n) is 4.61.